The van der Waals surface area contributed by atoms with Crippen LogP contribution in [0.2, 0.25) is 0 Å². The van der Waals surface area contributed by atoms with Crippen molar-refractivity contribution in [2.45, 2.75) is 25.8 Å². The summed E-state index contributed by atoms with van der Waals surface area (Å²) < 4.78 is 12.4. The molecule has 168 valence electrons. The first-order chi connectivity index (χ1) is 15.6. The Kier molecular flexibility index (Phi) is 6.53. The number of nitrogens with zero attached hydrogens (tertiary/aromatic N) is 5. The lowest BCUT2D eigenvalue weighted by Gasteiger charge is -2.19. The lowest BCUT2D eigenvalue weighted by Crippen LogP contribution is -2.29. The van der Waals surface area contributed by atoms with Crippen LogP contribution in [0.1, 0.15) is 31.4 Å². The van der Waals surface area contributed by atoms with Crippen LogP contribution in [0.3, 0.4) is 0 Å². The first kappa shape index (κ1) is 21.6. The lowest BCUT2D eigenvalue weighted by atomic mass is 10.0. The Labute approximate surface area is 187 Å². The maximum atomic E-state index is 12.7. The predicted octanol–water partition coefficient (Wildman–Crippen LogP) is 2.77. The summed E-state index contributed by atoms with van der Waals surface area (Å²) in [6.45, 7) is 3.63. The fourth-order valence-electron chi connectivity index (χ4n) is 3.99. The Morgan fingerprint density at radius 1 is 1.22 bits per heavy atom. The van der Waals surface area contributed by atoms with E-state index in [9.17, 15) is 4.79 Å². The summed E-state index contributed by atoms with van der Waals surface area (Å²) in [5.74, 6) is 3.09. The zero-order valence-electron chi connectivity index (χ0n) is 18.6. The maximum absolute atomic E-state index is 12.7. The SMILES string of the molecule is COc1ccc(C(C)NC(=O)CC2CCN(c3ccnc(-n4ccnc4)n3)C2)cc1OC. The van der Waals surface area contributed by atoms with Crippen molar-refractivity contribution in [3.63, 3.8) is 0 Å². The van der Waals surface area contributed by atoms with Gasteiger partial charge in [0.25, 0.3) is 0 Å². The molecule has 0 spiro atoms. The van der Waals surface area contributed by atoms with Crippen molar-refractivity contribution in [3.05, 3.63) is 54.7 Å². The first-order valence-electron chi connectivity index (χ1n) is 10.6. The number of imidazole rings is 1. The van der Waals surface area contributed by atoms with Crippen LogP contribution >= 0.6 is 0 Å². The molecule has 0 bridgehead atoms. The molecule has 1 fully saturated rings. The summed E-state index contributed by atoms with van der Waals surface area (Å²) in [6, 6.07) is 7.47. The number of anilines is 1. The molecule has 1 N–H and O–H groups in total. The molecule has 4 rings (SSSR count). The number of amides is 1. The van der Waals surface area contributed by atoms with Crippen molar-refractivity contribution in [2.24, 2.45) is 5.92 Å². The standard InChI is InChI=1S/C23H28N6O3/c1-16(18-4-5-19(31-2)20(13-18)32-3)26-22(30)12-17-7-10-28(14-17)21-6-8-25-23(27-21)29-11-9-24-15-29/h4-6,8-9,11,13,15-17H,7,10,12,14H2,1-3H3,(H,26,30). The highest BCUT2D eigenvalue weighted by atomic mass is 16.5. The Morgan fingerprint density at radius 3 is 2.81 bits per heavy atom. The van der Waals surface area contributed by atoms with Crippen LogP contribution in [-0.2, 0) is 4.79 Å². The van der Waals surface area contributed by atoms with Crippen molar-refractivity contribution in [1.29, 1.82) is 0 Å². The number of aromatic nitrogens is 4. The lowest BCUT2D eigenvalue weighted by molar-refractivity contribution is -0.122. The number of nitrogens with one attached hydrogen (secondary N) is 1. The molecule has 1 aromatic carbocycles. The van der Waals surface area contributed by atoms with E-state index >= 15 is 0 Å². The Balaban J connectivity index is 1.33. The second-order valence-electron chi connectivity index (χ2n) is 7.89. The van der Waals surface area contributed by atoms with Crippen molar-refractivity contribution in [1.82, 2.24) is 24.8 Å². The maximum Gasteiger partial charge on any atom is 0.236 e. The number of methoxy groups -OCH3 is 2. The van der Waals surface area contributed by atoms with Gasteiger partial charge in [0, 0.05) is 38.1 Å². The van der Waals surface area contributed by atoms with E-state index < -0.39 is 0 Å². The van der Waals surface area contributed by atoms with E-state index in [1.807, 2.05) is 37.4 Å². The molecule has 0 aliphatic carbocycles. The second kappa shape index (κ2) is 9.67. The van der Waals surface area contributed by atoms with Crippen LogP contribution in [0.25, 0.3) is 5.95 Å². The Bertz CT molecular complexity index is 1060. The highest BCUT2D eigenvalue weighted by Crippen LogP contribution is 2.30. The van der Waals surface area contributed by atoms with E-state index in [-0.39, 0.29) is 17.9 Å². The average molecular weight is 437 g/mol. The van der Waals surface area contributed by atoms with Crippen molar-refractivity contribution >= 4 is 11.7 Å². The van der Waals surface area contributed by atoms with Gasteiger partial charge in [0.15, 0.2) is 11.5 Å². The molecule has 2 aromatic heterocycles. The van der Waals surface area contributed by atoms with Crippen LogP contribution in [0, 0.1) is 5.92 Å². The Hall–Kier alpha value is -3.62. The average Bonchev–Trinajstić information content (AvgIpc) is 3.51. The molecule has 1 aliphatic heterocycles. The highest BCUT2D eigenvalue weighted by Gasteiger charge is 2.26. The van der Waals surface area contributed by atoms with Crippen molar-refractivity contribution in [2.75, 3.05) is 32.2 Å². The molecule has 1 amide bonds. The number of rotatable bonds is 8. The third-order valence-corrected chi connectivity index (χ3v) is 5.73. The molecule has 1 aliphatic rings. The topological polar surface area (TPSA) is 94.4 Å². The summed E-state index contributed by atoms with van der Waals surface area (Å²) in [7, 11) is 3.21. The fourth-order valence-corrected chi connectivity index (χ4v) is 3.99. The first-order valence-corrected chi connectivity index (χ1v) is 10.6. The van der Waals surface area contributed by atoms with Gasteiger partial charge in [0.05, 0.1) is 20.3 Å². The van der Waals surface area contributed by atoms with E-state index in [1.165, 1.54) is 0 Å². The van der Waals surface area contributed by atoms with E-state index in [1.54, 1.807) is 37.5 Å². The number of carbonyl (C=O) groups excluding carboxylic acids is 1. The van der Waals surface area contributed by atoms with Crippen LogP contribution in [0.4, 0.5) is 5.82 Å². The fraction of sp³-hybridized carbons (Fsp3) is 0.391. The number of hydrogen-bond acceptors (Lipinski definition) is 7. The third-order valence-electron chi connectivity index (χ3n) is 5.73. The molecule has 9 heteroatoms. The Morgan fingerprint density at radius 2 is 2.06 bits per heavy atom. The van der Waals surface area contributed by atoms with Gasteiger partial charge < -0.3 is 19.7 Å². The summed E-state index contributed by atoms with van der Waals surface area (Å²) in [5, 5.41) is 3.10. The smallest absolute Gasteiger partial charge is 0.236 e. The minimum atomic E-state index is -0.126. The molecule has 1 saturated heterocycles. The van der Waals surface area contributed by atoms with Gasteiger partial charge in [-0.05, 0) is 43.0 Å². The van der Waals surface area contributed by atoms with Gasteiger partial charge in [-0.25, -0.2) is 9.97 Å². The summed E-state index contributed by atoms with van der Waals surface area (Å²) in [4.78, 5) is 27.9. The molecule has 3 heterocycles. The van der Waals surface area contributed by atoms with Gasteiger partial charge in [-0.15, -0.1) is 0 Å². The van der Waals surface area contributed by atoms with Gasteiger partial charge in [0.2, 0.25) is 11.9 Å². The zero-order chi connectivity index (χ0) is 22.5. The van der Waals surface area contributed by atoms with Gasteiger partial charge >= 0.3 is 0 Å². The molecule has 2 unspecified atom stereocenters. The minimum absolute atomic E-state index is 0.0425. The molecule has 0 saturated carbocycles. The van der Waals surface area contributed by atoms with Crippen LogP contribution in [0.5, 0.6) is 11.5 Å². The van der Waals surface area contributed by atoms with Crippen LogP contribution < -0.4 is 19.7 Å². The number of hydrogen-bond donors (Lipinski definition) is 1. The van der Waals surface area contributed by atoms with E-state index in [4.69, 9.17) is 9.47 Å². The zero-order valence-corrected chi connectivity index (χ0v) is 18.6. The van der Waals surface area contributed by atoms with Crippen molar-refractivity contribution < 1.29 is 14.3 Å². The quantitative estimate of drug-likeness (QED) is 0.580. The van der Waals surface area contributed by atoms with Crippen LogP contribution in [0.15, 0.2) is 49.2 Å². The van der Waals surface area contributed by atoms with E-state index in [0.717, 1.165) is 30.9 Å². The van der Waals surface area contributed by atoms with Gasteiger partial charge in [-0.2, -0.15) is 4.98 Å². The molecule has 0 radical (unpaired) electrons. The normalized spacial score (nSPS) is 16.6. The van der Waals surface area contributed by atoms with E-state index in [2.05, 4.69) is 25.2 Å². The van der Waals surface area contributed by atoms with Gasteiger partial charge in [-0.1, -0.05) is 6.07 Å². The summed E-state index contributed by atoms with van der Waals surface area (Å²) in [5.41, 5.74) is 0.970. The second-order valence-corrected chi connectivity index (χ2v) is 7.89. The number of ether oxygens (including phenoxy) is 2. The monoisotopic (exact) mass is 436 g/mol. The van der Waals surface area contributed by atoms with Crippen molar-refractivity contribution in [3.8, 4) is 17.4 Å². The highest BCUT2D eigenvalue weighted by molar-refractivity contribution is 5.77. The molecule has 9 nitrogen and oxygen atoms in total. The molecule has 2 atom stereocenters. The number of benzene rings is 1. The molecule has 32 heavy (non-hydrogen) atoms. The minimum Gasteiger partial charge on any atom is -0.493 e. The largest absolute Gasteiger partial charge is 0.493 e. The predicted molar refractivity (Wildman–Crippen MR) is 120 cm³/mol. The van der Waals surface area contributed by atoms with E-state index in [0.29, 0.717) is 23.9 Å². The van der Waals surface area contributed by atoms with Gasteiger partial charge in [0.1, 0.15) is 12.1 Å². The summed E-state index contributed by atoms with van der Waals surface area (Å²) >= 11 is 0. The number of carbonyl (C=O) groups is 1. The summed E-state index contributed by atoms with van der Waals surface area (Å²) in [6.07, 6.45) is 8.37. The molecule has 3 aromatic rings. The van der Waals surface area contributed by atoms with Crippen LogP contribution in [-0.4, -0.2) is 52.7 Å². The molecular weight excluding hydrogens is 408 g/mol. The van der Waals surface area contributed by atoms with Gasteiger partial charge in [-0.3, -0.25) is 9.36 Å². The third kappa shape index (κ3) is 4.82. The molecular formula is C23H28N6O3.